The van der Waals surface area contributed by atoms with Gasteiger partial charge in [0, 0.05) is 25.3 Å². The Morgan fingerprint density at radius 3 is 2.95 bits per heavy atom. The Morgan fingerprint density at radius 2 is 2.26 bits per heavy atom. The first-order valence-corrected chi connectivity index (χ1v) is 6.95. The average molecular weight is 261 g/mol. The number of nitrogens with zero attached hydrogens (tertiary/aromatic N) is 1. The number of anilines is 1. The molecule has 2 N–H and O–H groups in total. The van der Waals surface area contributed by atoms with Gasteiger partial charge in [-0.1, -0.05) is 24.6 Å². The van der Waals surface area contributed by atoms with Crippen molar-refractivity contribution >= 4 is 11.6 Å². The second-order valence-electron chi connectivity index (χ2n) is 5.07. The molecular formula is C15H23N3O. The molecule has 0 saturated carbocycles. The van der Waals surface area contributed by atoms with Gasteiger partial charge < -0.3 is 15.5 Å². The fourth-order valence-corrected chi connectivity index (χ4v) is 2.74. The van der Waals surface area contributed by atoms with E-state index in [1.54, 1.807) is 0 Å². The van der Waals surface area contributed by atoms with Gasteiger partial charge in [-0.15, -0.1) is 0 Å². The van der Waals surface area contributed by atoms with Gasteiger partial charge in [-0.25, -0.2) is 0 Å². The molecule has 4 heteroatoms. The Hall–Kier alpha value is -1.55. The molecule has 1 aliphatic rings. The molecule has 104 valence electrons. The summed E-state index contributed by atoms with van der Waals surface area (Å²) in [6.45, 7) is 6.59. The van der Waals surface area contributed by atoms with E-state index < -0.39 is 0 Å². The van der Waals surface area contributed by atoms with E-state index in [4.69, 9.17) is 0 Å². The Balaban J connectivity index is 2.36. The van der Waals surface area contributed by atoms with Crippen molar-refractivity contribution in [3.8, 4) is 0 Å². The summed E-state index contributed by atoms with van der Waals surface area (Å²) >= 11 is 0. The van der Waals surface area contributed by atoms with Crippen molar-refractivity contribution in [3.63, 3.8) is 0 Å². The van der Waals surface area contributed by atoms with Crippen LogP contribution in [0.2, 0.25) is 0 Å². The highest BCUT2D eigenvalue weighted by Crippen LogP contribution is 2.26. The van der Waals surface area contributed by atoms with Crippen LogP contribution in [0.15, 0.2) is 18.2 Å². The third kappa shape index (κ3) is 2.89. The molecule has 4 nitrogen and oxygen atoms in total. The maximum Gasteiger partial charge on any atom is 0.242 e. The average Bonchev–Trinajstić information content (AvgIpc) is 2.39. The Bertz CT molecular complexity index is 459. The number of carbonyl (C=O) groups excluding carboxylic acids is 1. The third-order valence-electron chi connectivity index (χ3n) is 3.63. The van der Waals surface area contributed by atoms with E-state index in [-0.39, 0.29) is 11.9 Å². The summed E-state index contributed by atoms with van der Waals surface area (Å²) in [5.41, 5.74) is 3.70. The molecule has 1 aliphatic heterocycles. The highest BCUT2D eigenvalue weighted by atomic mass is 16.2. The van der Waals surface area contributed by atoms with Crippen LogP contribution in [0.1, 0.15) is 24.5 Å². The number of rotatable bonds is 4. The zero-order chi connectivity index (χ0) is 13.8. The topological polar surface area (TPSA) is 44.4 Å². The second kappa shape index (κ2) is 6.06. The first-order chi connectivity index (χ1) is 9.17. The SMILES string of the molecule is CCC1C(=O)NCCN1c1ccc(C)cc1CNC. The van der Waals surface area contributed by atoms with Crippen molar-refractivity contribution in [2.45, 2.75) is 32.9 Å². The van der Waals surface area contributed by atoms with Crippen LogP contribution < -0.4 is 15.5 Å². The van der Waals surface area contributed by atoms with Gasteiger partial charge in [-0.3, -0.25) is 4.79 Å². The van der Waals surface area contributed by atoms with Crippen LogP contribution in [0.3, 0.4) is 0 Å². The quantitative estimate of drug-likeness (QED) is 0.862. The first-order valence-electron chi connectivity index (χ1n) is 6.95. The normalized spacial score (nSPS) is 19.4. The standard InChI is InChI=1S/C15H23N3O/c1-4-13-15(19)17-7-8-18(13)14-6-5-11(2)9-12(14)10-16-3/h5-6,9,13,16H,4,7-8,10H2,1-3H3,(H,17,19). The third-order valence-corrected chi connectivity index (χ3v) is 3.63. The number of hydrogen-bond donors (Lipinski definition) is 2. The van der Waals surface area contributed by atoms with E-state index in [0.29, 0.717) is 0 Å². The molecule has 0 aromatic heterocycles. The van der Waals surface area contributed by atoms with E-state index in [2.05, 4.69) is 47.6 Å². The van der Waals surface area contributed by atoms with Crippen LogP contribution in [0.4, 0.5) is 5.69 Å². The Morgan fingerprint density at radius 1 is 1.47 bits per heavy atom. The molecule has 0 aliphatic carbocycles. The molecule has 0 bridgehead atoms. The van der Waals surface area contributed by atoms with Crippen molar-refractivity contribution in [2.24, 2.45) is 0 Å². The van der Waals surface area contributed by atoms with Crippen LogP contribution in [-0.4, -0.2) is 32.1 Å². The smallest absolute Gasteiger partial charge is 0.242 e. The molecule has 1 fully saturated rings. The van der Waals surface area contributed by atoms with Crippen LogP contribution in [0.5, 0.6) is 0 Å². The number of nitrogens with one attached hydrogen (secondary N) is 2. The zero-order valence-electron chi connectivity index (χ0n) is 12.0. The molecule has 2 rings (SSSR count). The fraction of sp³-hybridized carbons (Fsp3) is 0.533. The van der Waals surface area contributed by atoms with Crippen LogP contribution in [0.25, 0.3) is 0 Å². The lowest BCUT2D eigenvalue weighted by atomic mass is 10.0. The number of benzene rings is 1. The summed E-state index contributed by atoms with van der Waals surface area (Å²) < 4.78 is 0. The summed E-state index contributed by atoms with van der Waals surface area (Å²) in [7, 11) is 1.95. The van der Waals surface area contributed by atoms with Gasteiger partial charge in [-0.05, 0) is 32.0 Å². The highest BCUT2D eigenvalue weighted by molar-refractivity contribution is 5.86. The van der Waals surface area contributed by atoms with Gasteiger partial charge in [0.25, 0.3) is 0 Å². The molecule has 1 unspecified atom stereocenters. The number of piperazine rings is 1. The van der Waals surface area contributed by atoms with Crippen LogP contribution in [0, 0.1) is 6.92 Å². The molecule has 1 atom stereocenters. The number of carbonyl (C=O) groups is 1. The van der Waals surface area contributed by atoms with Gasteiger partial charge >= 0.3 is 0 Å². The van der Waals surface area contributed by atoms with E-state index in [1.165, 1.54) is 16.8 Å². The van der Waals surface area contributed by atoms with Gasteiger partial charge in [0.2, 0.25) is 5.91 Å². The van der Waals surface area contributed by atoms with Gasteiger partial charge in [0.1, 0.15) is 6.04 Å². The monoisotopic (exact) mass is 261 g/mol. The van der Waals surface area contributed by atoms with E-state index in [9.17, 15) is 4.79 Å². The molecular weight excluding hydrogens is 238 g/mol. The van der Waals surface area contributed by atoms with Gasteiger partial charge in [-0.2, -0.15) is 0 Å². The summed E-state index contributed by atoms with van der Waals surface area (Å²) in [4.78, 5) is 14.2. The summed E-state index contributed by atoms with van der Waals surface area (Å²) in [5, 5.41) is 6.16. The van der Waals surface area contributed by atoms with Crippen molar-refractivity contribution in [1.29, 1.82) is 0 Å². The molecule has 1 aromatic carbocycles. The van der Waals surface area contributed by atoms with E-state index >= 15 is 0 Å². The molecule has 0 radical (unpaired) electrons. The van der Waals surface area contributed by atoms with Crippen LogP contribution in [-0.2, 0) is 11.3 Å². The van der Waals surface area contributed by atoms with Crippen molar-refractivity contribution in [1.82, 2.24) is 10.6 Å². The second-order valence-corrected chi connectivity index (χ2v) is 5.07. The molecule has 1 aromatic rings. The Labute approximate surface area is 115 Å². The lowest BCUT2D eigenvalue weighted by molar-refractivity contribution is -0.123. The minimum atomic E-state index is -0.0490. The number of aryl methyl sites for hydroxylation is 1. The molecule has 1 heterocycles. The minimum absolute atomic E-state index is 0.0490. The van der Waals surface area contributed by atoms with E-state index in [0.717, 1.165) is 26.1 Å². The van der Waals surface area contributed by atoms with Crippen molar-refractivity contribution in [2.75, 3.05) is 25.0 Å². The highest BCUT2D eigenvalue weighted by Gasteiger charge is 2.29. The molecule has 1 saturated heterocycles. The lowest BCUT2D eigenvalue weighted by Crippen LogP contribution is -2.55. The maximum absolute atomic E-state index is 12.0. The van der Waals surface area contributed by atoms with Crippen molar-refractivity contribution in [3.05, 3.63) is 29.3 Å². The number of amides is 1. The predicted molar refractivity (Wildman–Crippen MR) is 78.4 cm³/mol. The van der Waals surface area contributed by atoms with Gasteiger partial charge in [0.15, 0.2) is 0 Å². The van der Waals surface area contributed by atoms with Gasteiger partial charge in [0.05, 0.1) is 0 Å². The molecule has 1 amide bonds. The maximum atomic E-state index is 12.0. The summed E-state index contributed by atoms with van der Waals surface area (Å²) in [5.74, 6) is 0.143. The van der Waals surface area contributed by atoms with Crippen molar-refractivity contribution < 1.29 is 4.79 Å². The zero-order valence-corrected chi connectivity index (χ0v) is 12.0. The summed E-state index contributed by atoms with van der Waals surface area (Å²) in [6, 6.07) is 6.41. The molecule has 19 heavy (non-hydrogen) atoms. The summed E-state index contributed by atoms with van der Waals surface area (Å²) in [6.07, 6.45) is 0.832. The fourth-order valence-electron chi connectivity index (χ4n) is 2.74. The Kier molecular flexibility index (Phi) is 4.43. The van der Waals surface area contributed by atoms with Crippen LogP contribution >= 0.6 is 0 Å². The first kappa shape index (κ1) is 13.9. The minimum Gasteiger partial charge on any atom is -0.357 e. The number of hydrogen-bond acceptors (Lipinski definition) is 3. The molecule has 0 spiro atoms. The predicted octanol–water partition coefficient (Wildman–Crippen LogP) is 1.43. The largest absolute Gasteiger partial charge is 0.357 e. The lowest BCUT2D eigenvalue weighted by Gasteiger charge is -2.37. The van der Waals surface area contributed by atoms with E-state index in [1.807, 2.05) is 7.05 Å².